The van der Waals surface area contributed by atoms with Crippen molar-refractivity contribution in [1.82, 2.24) is 19.9 Å². The van der Waals surface area contributed by atoms with Crippen LogP contribution in [0.5, 0.6) is 0 Å². The predicted molar refractivity (Wildman–Crippen MR) is 90.0 cm³/mol. The Morgan fingerprint density at radius 3 is 2.72 bits per heavy atom. The van der Waals surface area contributed by atoms with Crippen LogP contribution in [0, 0.1) is 0 Å². The minimum absolute atomic E-state index is 0.0848. The zero-order valence-electron chi connectivity index (χ0n) is 13.3. The van der Waals surface area contributed by atoms with Crippen LogP contribution in [0.25, 0.3) is 5.65 Å². The van der Waals surface area contributed by atoms with Crippen LogP contribution in [0.2, 0.25) is 0 Å². The van der Waals surface area contributed by atoms with E-state index in [-0.39, 0.29) is 23.4 Å². The van der Waals surface area contributed by atoms with Crippen LogP contribution >= 0.6 is 0 Å². The van der Waals surface area contributed by atoms with Gasteiger partial charge in [-0.15, -0.1) is 0 Å². The van der Waals surface area contributed by atoms with Crippen LogP contribution in [0.1, 0.15) is 26.4 Å². The number of benzene rings is 1. The summed E-state index contributed by atoms with van der Waals surface area (Å²) >= 11 is 0. The molecule has 0 fully saturated rings. The number of hydrogen-bond donors (Lipinski definition) is 3. The van der Waals surface area contributed by atoms with E-state index in [2.05, 4.69) is 15.4 Å². The molecule has 1 aromatic carbocycles. The summed E-state index contributed by atoms with van der Waals surface area (Å²) < 4.78 is 1.25. The van der Waals surface area contributed by atoms with Crippen LogP contribution in [0.4, 0.5) is 0 Å². The summed E-state index contributed by atoms with van der Waals surface area (Å²) in [6.45, 7) is 0.0848. The van der Waals surface area contributed by atoms with Gasteiger partial charge in [-0.2, -0.15) is 5.10 Å². The van der Waals surface area contributed by atoms with Crippen molar-refractivity contribution in [2.75, 3.05) is 6.54 Å². The normalized spacial score (nSPS) is 12.0. The van der Waals surface area contributed by atoms with E-state index >= 15 is 0 Å². The minimum Gasteiger partial charge on any atom is -0.391 e. The zero-order valence-corrected chi connectivity index (χ0v) is 13.3. The summed E-state index contributed by atoms with van der Waals surface area (Å²) in [6, 6.07) is 11.0. The van der Waals surface area contributed by atoms with Crippen molar-refractivity contribution in [3.8, 4) is 0 Å². The van der Waals surface area contributed by atoms with Crippen molar-refractivity contribution in [3.63, 3.8) is 0 Å². The van der Waals surface area contributed by atoms with Gasteiger partial charge in [0, 0.05) is 19.2 Å². The first kappa shape index (κ1) is 16.6. The Hall–Kier alpha value is -3.26. The molecule has 0 saturated heterocycles. The molecule has 1 atom stereocenters. The predicted octanol–water partition coefficient (Wildman–Crippen LogP) is 0.162. The number of nitrogens with one attached hydrogen (secondary N) is 1. The fraction of sp³-hybridized carbons (Fsp3) is 0.176. The Kier molecular flexibility index (Phi) is 4.71. The molecule has 0 aliphatic heterocycles. The molecule has 2 amide bonds. The lowest BCUT2D eigenvalue weighted by Gasteiger charge is -2.12. The largest absolute Gasteiger partial charge is 0.391 e. The smallest absolute Gasteiger partial charge is 0.270 e. The van der Waals surface area contributed by atoms with Crippen molar-refractivity contribution in [2.45, 2.75) is 12.5 Å². The van der Waals surface area contributed by atoms with Gasteiger partial charge in [0.2, 0.25) is 0 Å². The van der Waals surface area contributed by atoms with Crippen molar-refractivity contribution in [1.29, 1.82) is 0 Å². The average Bonchev–Trinajstić information content (AvgIpc) is 3.05. The van der Waals surface area contributed by atoms with Gasteiger partial charge >= 0.3 is 0 Å². The molecule has 8 heteroatoms. The third-order valence-electron chi connectivity index (χ3n) is 3.71. The zero-order chi connectivity index (χ0) is 17.8. The molecular weight excluding hydrogens is 322 g/mol. The number of aliphatic hydroxyl groups excluding tert-OH is 1. The molecule has 0 bridgehead atoms. The van der Waals surface area contributed by atoms with Crippen LogP contribution in [0.15, 0.2) is 48.8 Å². The molecule has 0 spiro atoms. The fourth-order valence-corrected chi connectivity index (χ4v) is 2.50. The van der Waals surface area contributed by atoms with Crippen molar-refractivity contribution >= 4 is 17.5 Å². The highest BCUT2D eigenvalue weighted by Crippen LogP contribution is 2.10. The topological polar surface area (TPSA) is 123 Å². The first-order chi connectivity index (χ1) is 12.1. The molecule has 0 radical (unpaired) electrons. The van der Waals surface area contributed by atoms with E-state index in [9.17, 15) is 14.7 Å². The number of rotatable bonds is 6. The molecule has 0 saturated carbocycles. The van der Waals surface area contributed by atoms with Gasteiger partial charge < -0.3 is 16.2 Å². The molecule has 1 unspecified atom stereocenters. The number of amides is 2. The molecule has 25 heavy (non-hydrogen) atoms. The number of carbonyl (C=O) groups is 2. The van der Waals surface area contributed by atoms with Crippen molar-refractivity contribution < 1.29 is 14.7 Å². The van der Waals surface area contributed by atoms with E-state index in [0.29, 0.717) is 6.42 Å². The Bertz CT molecular complexity index is 907. The van der Waals surface area contributed by atoms with Gasteiger partial charge in [0.15, 0.2) is 5.65 Å². The maximum atomic E-state index is 12.4. The molecular formula is C17H17N5O3. The second-order valence-electron chi connectivity index (χ2n) is 5.54. The first-order valence-electron chi connectivity index (χ1n) is 7.69. The van der Waals surface area contributed by atoms with E-state index in [1.807, 2.05) is 30.3 Å². The number of aliphatic hydroxyl groups is 1. The molecule has 8 nitrogen and oxygen atoms in total. The van der Waals surface area contributed by atoms with Crippen LogP contribution in [-0.2, 0) is 6.42 Å². The third kappa shape index (κ3) is 3.64. The van der Waals surface area contributed by atoms with Gasteiger partial charge in [-0.05, 0) is 11.6 Å². The van der Waals surface area contributed by atoms with Gasteiger partial charge in [-0.3, -0.25) is 9.59 Å². The van der Waals surface area contributed by atoms with Gasteiger partial charge in [0.1, 0.15) is 11.3 Å². The molecule has 4 N–H and O–H groups in total. The Labute approximate surface area is 143 Å². The maximum Gasteiger partial charge on any atom is 0.270 e. The number of fused-ring (bicyclic) bond motifs is 1. The number of nitrogens with zero attached hydrogens (tertiary/aromatic N) is 3. The summed E-state index contributed by atoms with van der Waals surface area (Å²) in [4.78, 5) is 27.7. The highest BCUT2D eigenvalue weighted by Gasteiger charge is 2.17. The molecule has 128 valence electrons. The summed E-state index contributed by atoms with van der Waals surface area (Å²) in [5.41, 5.74) is 6.79. The average molecular weight is 339 g/mol. The lowest BCUT2D eigenvalue weighted by molar-refractivity contribution is 0.0907. The third-order valence-corrected chi connectivity index (χ3v) is 3.71. The Balaban J connectivity index is 1.69. The number of carbonyl (C=O) groups excluding carboxylic acids is 2. The van der Waals surface area contributed by atoms with E-state index < -0.39 is 17.9 Å². The van der Waals surface area contributed by atoms with Crippen molar-refractivity contribution in [2.24, 2.45) is 5.73 Å². The lowest BCUT2D eigenvalue weighted by atomic mass is 10.1. The lowest BCUT2D eigenvalue weighted by Crippen LogP contribution is -2.34. The monoisotopic (exact) mass is 339 g/mol. The van der Waals surface area contributed by atoms with Crippen LogP contribution < -0.4 is 11.1 Å². The number of primary amides is 1. The van der Waals surface area contributed by atoms with E-state index in [0.717, 1.165) is 5.56 Å². The van der Waals surface area contributed by atoms with Gasteiger partial charge in [0.25, 0.3) is 11.8 Å². The van der Waals surface area contributed by atoms with E-state index in [1.54, 1.807) is 0 Å². The molecule has 2 heterocycles. The van der Waals surface area contributed by atoms with Crippen LogP contribution in [0.3, 0.4) is 0 Å². The number of hydrogen-bond acceptors (Lipinski definition) is 5. The van der Waals surface area contributed by atoms with Gasteiger partial charge in [-0.1, -0.05) is 30.3 Å². The summed E-state index contributed by atoms with van der Waals surface area (Å²) in [5.74, 6) is -1.10. The molecule has 0 aliphatic rings. The Morgan fingerprint density at radius 1 is 1.24 bits per heavy atom. The second kappa shape index (κ2) is 7.10. The quantitative estimate of drug-likeness (QED) is 0.590. The number of nitrogens with two attached hydrogens (primary N) is 1. The highest BCUT2D eigenvalue weighted by molar-refractivity contribution is 5.99. The molecule has 3 aromatic rings. The minimum atomic E-state index is -0.720. The first-order valence-corrected chi connectivity index (χ1v) is 7.69. The van der Waals surface area contributed by atoms with E-state index in [4.69, 9.17) is 5.73 Å². The van der Waals surface area contributed by atoms with Gasteiger partial charge in [0.05, 0.1) is 12.3 Å². The second-order valence-corrected chi connectivity index (χ2v) is 5.54. The standard InChI is InChI=1S/C17H17N5O3/c18-15(24)13-10-21-22-14(6-7-19-16(13)22)17(25)20-9-12(23)8-11-4-2-1-3-5-11/h1-7,10,12,23H,8-9H2,(H2,18,24)(H,20,25). The number of aromatic nitrogens is 3. The van der Waals surface area contributed by atoms with Crippen LogP contribution in [-0.4, -0.2) is 44.2 Å². The Morgan fingerprint density at radius 2 is 2.00 bits per heavy atom. The van der Waals surface area contributed by atoms with Crippen molar-refractivity contribution in [3.05, 3.63) is 65.6 Å². The van der Waals surface area contributed by atoms with Gasteiger partial charge in [-0.25, -0.2) is 9.50 Å². The van der Waals surface area contributed by atoms with E-state index in [1.165, 1.54) is 23.0 Å². The SMILES string of the molecule is NC(=O)c1cnn2c(C(=O)NCC(O)Cc3ccccc3)ccnc12. The molecule has 0 aliphatic carbocycles. The molecule has 3 rings (SSSR count). The summed E-state index contributed by atoms with van der Waals surface area (Å²) in [7, 11) is 0. The molecule has 2 aromatic heterocycles. The summed E-state index contributed by atoms with van der Waals surface area (Å²) in [6.07, 6.45) is 2.38. The maximum absolute atomic E-state index is 12.4. The highest BCUT2D eigenvalue weighted by atomic mass is 16.3. The fourth-order valence-electron chi connectivity index (χ4n) is 2.50. The summed E-state index contributed by atoms with van der Waals surface area (Å²) in [5, 5.41) is 16.7.